The topological polar surface area (TPSA) is 66.4 Å². The van der Waals surface area contributed by atoms with E-state index in [1.807, 2.05) is 11.8 Å². The fourth-order valence-electron chi connectivity index (χ4n) is 2.01. The van der Waals surface area contributed by atoms with Crippen LogP contribution in [0.15, 0.2) is 0 Å². The fourth-order valence-corrected chi connectivity index (χ4v) is 3.09. The number of rotatable bonds is 3. The van der Waals surface area contributed by atoms with Crippen molar-refractivity contribution >= 4 is 23.6 Å². The van der Waals surface area contributed by atoms with Gasteiger partial charge < -0.3 is 10.4 Å². The highest BCUT2D eigenvalue weighted by Gasteiger charge is 2.38. The van der Waals surface area contributed by atoms with Crippen LogP contribution < -0.4 is 5.32 Å². The van der Waals surface area contributed by atoms with Gasteiger partial charge in [-0.05, 0) is 24.0 Å². The molecule has 5 heteroatoms. The van der Waals surface area contributed by atoms with E-state index >= 15 is 0 Å². The van der Waals surface area contributed by atoms with E-state index in [9.17, 15) is 9.59 Å². The molecule has 1 amide bonds. The lowest BCUT2D eigenvalue weighted by molar-refractivity contribution is -0.151. The quantitative estimate of drug-likeness (QED) is 0.758. The number of amides is 1. The summed E-state index contributed by atoms with van der Waals surface area (Å²) < 4.78 is 0. The first-order chi connectivity index (χ1) is 7.82. The second-order valence-corrected chi connectivity index (χ2v) is 6.71. The van der Waals surface area contributed by atoms with Gasteiger partial charge in [-0.15, -0.1) is 0 Å². The molecule has 4 nitrogen and oxygen atoms in total. The van der Waals surface area contributed by atoms with Crippen molar-refractivity contribution in [1.29, 1.82) is 0 Å². The Morgan fingerprint density at radius 3 is 2.47 bits per heavy atom. The van der Waals surface area contributed by atoms with Crippen LogP contribution in [0.2, 0.25) is 0 Å². The number of carboxylic acids is 1. The summed E-state index contributed by atoms with van der Waals surface area (Å²) in [7, 11) is 0. The van der Waals surface area contributed by atoms with Crippen molar-refractivity contribution in [3.05, 3.63) is 0 Å². The van der Waals surface area contributed by atoms with E-state index < -0.39 is 17.3 Å². The van der Waals surface area contributed by atoms with Gasteiger partial charge in [0, 0.05) is 11.8 Å². The standard InChI is InChI=1S/C12H21NO3S/c1-12(2,3)9(11(15)16)10(14)13-8-5-4-6-17-7-8/h8-9H,4-7H2,1-3H3,(H,13,14)(H,15,16). The van der Waals surface area contributed by atoms with Gasteiger partial charge >= 0.3 is 5.97 Å². The molecule has 1 heterocycles. The number of aliphatic carboxylic acids is 1. The Morgan fingerprint density at radius 2 is 2.06 bits per heavy atom. The van der Waals surface area contributed by atoms with Crippen LogP contribution in [0.3, 0.4) is 0 Å². The monoisotopic (exact) mass is 259 g/mol. The average Bonchev–Trinajstić information content (AvgIpc) is 2.15. The molecular formula is C12H21NO3S. The Labute approximate surface area is 107 Å². The molecule has 0 bridgehead atoms. The van der Waals surface area contributed by atoms with Gasteiger partial charge in [0.05, 0.1) is 0 Å². The molecule has 0 aromatic carbocycles. The predicted molar refractivity (Wildman–Crippen MR) is 69.1 cm³/mol. The maximum atomic E-state index is 12.0. The van der Waals surface area contributed by atoms with Gasteiger partial charge in [0.1, 0.15) is 5.92 Å². The zero-order valence-corrected chi connectivity index (χ0v) is 11.5. The van der Waals surface area contributed by atoms with Gasteiger partial charge in [-0.1, -0.05) is 20.8 Å². The molecule has 0 spiro atoms. The first-order valence-corrected chi connectivity index (χ1v) is 7.09. The van der Waals surface area contributed by atoms with Crippen LogP contribution in [0.1, 0.15) is 33.6 Å². The van der Waals surface area contributed by atoms with Gasteiger partial charge in [0.25, 0.3) is 0 Å². The summed E-state index contributed by atoms with van der Waals surface area (Å²) >= 11 is 1.81. The molecule has 1 fully saturated rings. The Hall–Kier alpha value is -0.710. The van der Waals surface area contributed by atoms with Crippen molar-refractivity contribution < 1.29 is 14.7 Å². The third-order valence-corrected chi connectivity index (χ3v) is 4.10. The maximum absolute atomic E-state index is 12.0. The summed E-state index contributed by atoms with van der Waals surface area (Å²) in [5.41, 5.74) is -0.558. The highest BCUT2D eigenvalue weighted by molar-refractivity contribution is 7.99. The van der Waals surface area contributed by atoms with E-state index in [0.717, 1.165) is 24.3 Å². The first kappa shape index (κ1) is 14.4. The number of hydrogen-bond acceptors (Lipinski definition) is 3. The minimum atomic E-state index is -1.04. The second-order valence-electron chi connectivity index (χ2n) is 5.56. The molecule has 0 aromatic heterocycles. The summed E-state index contributed by atoms with van der Waals surface area (Å²) in [6, 6.07) is 0.130. The average molecular weight is 259 g/mol. The van der Waals surface area contributed by atoms with E-state index in [0.29, 0.717) is 0 Å². The van der Waals surface area contributed by atoms with Gasteiger partial charge in [0.15, 0.2) is 0 Å². The van der Waals surface area contributed by atoms with Gasteiger partial charge in [-0.2, -0.15) is 11.8 Å². The number of carbonyl (C=O) groups is 2. The molecule has 0 saturated carbocycles. The van der Waals surface area contributed by atoms with Crippen LogP contribution in [-0.4, -0.2) is 34.5 Å². The summed E-state index contributed by atoms with van der Waals surface area (Å²) in [5, 5.41) is 12.0. The summed E-state index contributed by atoms with van der Waals surface area (Å²) in [4.78, 5) is 23.2. The van der Waals surface area contributed by atoms with E-state index in [1.54, 1.807) is 20.8 Å². The Balaban J connectivity index is 2.62. The predicted octanol–water partition coefficient (Wildman–Crippen LogP) is 1.75. The molecule has 1 aliphatic heterocycles. The Bertz CT molecular complexity index is 293. The zero-order valence-electron chi connectivity index (χ0n) is 10.7. The third-order valence-electron chi connectivity index (χ3n) is 2.88. The molecule has 0 radical (unpaired) electrons. The minimum absolute atomic E-state index is 0.130. The van der Waals surface area contributed by atoms with E-state index in [2.05, 4.69) is 5.32 Å². The van der Waals surface area contributed by atoms with Gasteiger partial charge in [0.2, 0.25) is 5.91 Å². The highest BCUT2D eigenvalue weighted by Crippen LogP contribution is 2.27. The highest BCUT2D eigenvalue weighted by atomic mass is 32.2. The van der Waals surface area contributed by atoms with E-state index in [1.165, 1.54) is 0 Å². The van der Waals surface area contributed by atoms with Crippen molar-refractivity contribution in [1.82, 2.24) is 5.32 Å². The normalized spacial score (nSPS) is 22.9. The number of carboxylic acid groups (broad SMARTS) is 1. The molecule has 2 unspecified atom stereocenters. The van der Waals surface area contributed by atoms with Crippen LogP contribution >= 0.6 is 11.8 Å². The number of thioether (sulfide) groups is 1. The number of nitrogens with one attached hydrogen (secondary N) is 1. The first-order valence-electron chi connectivity index (χ1n) is 5.93. The van der Waals surface area contributed by atoms with Crippen molar-refractivity contribution in [3.63, 3.8) is 0 Å². The van der Waals surface area contributed by atoms with Gasteiger partial charge in [-0.25, -0.2) is 0 Å². The molecular weight excluding hydrogens is 238 g/mol. The van der Waals surface area contributed by atoms with Crippen molar-refractivity contribution in [2.75, 3.05) is 11.5 Å². The molecule has 1 aliphatic rings. The summed E-state index contributed by atoms with van der Waals surface area (Å²) in [5.74, 6) is -0.346. The lowest BCUT2D eigenvalue weighted by atomic mass is 9.80. The SMILES string of the molecule is CC(C)(C)C(C(=O)O)C(=O)NC1CCCSC1. The fraction of sp³-hybridized carbons (Fsp3) is 0.833. The molecule has 17 heavy (non-hydrogen) atoms. The molecule has 1 saturated heterocycles. The van der Waals surface area contributed by atoms with Crippen LogP contribution in [0.25, 0.3) is 0 Å². The smallest absolute Gasteiger partial charge is 0.316 e. The molecule has 1 rings (SSSR count). The second kappa shape index (κ2) is 5.76. The largest absolute Gasteiger partial charge is 0.481 e. The van der Waals surface area contributed by atoms with Crippen molar-refractivity contribution in [2.24, 2.45) is 11.3 Å². The maximum Gasteiger partial charge on any atom is 0.316 e. The van der Waals surface area contributed by atoms with Crippen LogP contribution in [0.4, 0.5) is 0 Å². The number of carbonyl (C=O) groups excluding carboxylic acids is 1. The zero-order chi connectivity index (χ0) is 13.1. The molecule has 2 atom stereocenters. The van der Waals surface area contributed by atoms with Crippen molar-refractivity contribution in [2.45, 2.75) is 39.7 Å². The van der Waals surface area contributed by atoms with E-state index in [-0.39, 0.29) is 11.9 Å². The summed E-state index contributed by atoms with van der Waals surface area (Å²) in [6.45, 7) is 5.34. The molecule has 0 aromatic rings. The molecule has 2 N–H and O–H groups in total. The minimum Gasteiger partial charge on any atom is -0.481 e. The van der Waals surface area contributed by atoms with Crippen molar-refractivity contribution in [3.8, 4) is 0 Å². The lowest BCUT2D eigenvalue weighted by Gasteiger charge is -2.29. The summed E-state index contributed by atoms with van der Waals surface area (Å²) in [6.07, 6.45) is 2.04. The number of hydrogen-bond donors (Lipinski definition) is 2. The Kier molecular flexibility index (Phi) is 4.86. The van der Waals surface area contributed by atoms with Gasteiger partial charge in [-0.3, -0.25) is 9.59 Å². The van der Waals surface area contributed by atoms with Crippen LogP contribution in [-0.2, 0) is 9.59 Å². The molecule has 98 valence electrons. The van der Waals surface area contributed by atoms with Crippen LogP contribution in [0, 0.1) is 11.3 Å². The lowest BCUT2D eigenvalue weighted by Crippen LogP contribution is -2.47. The van der Waals surface area contributed by atoms with E-state index in [4.69, 9.17) is 5.11 Å². The van der Waals surface area contributed by atoms with Crippen LogP contribution in [0.5, 0.6) is 0 Å². The Morgan fingerprint density at radius 1 is 1.41 bits per heavy atom. The molecule has 0 aliphatic carbocycles. The third kappa shape index (κ3) is 4.22.